The Kier molecular flexibility index (Phi) is 6.76. The molecule has 8 nitrogen and oxygen atoms in total. The van der Waals surface area contributed by atoms with Gasteiger partial charge in [0.1, 0.15) is 11.7 Å². The minimum absolute atomic E-state index is 0.152. The first-order chi connectivity index (χ1) is 18.3. The predicted octanol–water partition coefficient (Wildman–Crippen LogP) is 4.87. The third-order valence-corrected chi connectivity index (χ3v) is 7.91. The minimum Gasteiger partial charge on any atom is -0.339 e. The lowest BCUT2D eigenvalue weighted by molar-refractivity contribution is -0.177. The number of aromatic amines is 1. The molecular formula is C27H30F4N6O2. The number of nitrogens with one attached hydrogen (secondary N) is 3. The molecule has 2 saturated carbocycles. The fraction of sp³-hybridized carbons (Fsp3) is 0.481. The lowest BCUT2D eigenvalue weighted by atomic mass is 9.59. The van der Waals surface area contributed by atoms with Crippen LogP contribution in [0.5, 0.6) is 0 Å². The first-order valence-electron chi connectivity index (χ1n) is 12.8. The quantitative estimate of drug-likeness (QED) is 0.351. The third-order valence-electron chi connectivity index (χ3n) is 7.91. The topological polar surface area (TPSA) is 105 Å². The molecule has 0 saturated heterocycles. The van der Waals surface area contributed by atoms with E-state index < -0.39 is 73.1 Å². The van der Waals surface area contributed by atoms with Gasteiger partial charge in [0.25, 0.3) is 5.91 Å². The number of benzene rings is 1. The number of H-pyrrole nitrogens is 1. The second-order valence-corrected chi connectivity index (χ2v) is 10.8. The molecule has 1 atom stereocenters. The van der Waals surface area contributed by atoms with Crippen molar-refractivity contribution in [3.63, 3.8) is 0 Å². The Morgan fingerprint density at radius 1 is 1.00 bits per heavy atom. The molecule has 2 amide bonds. The average Bonchev–Trinajstić information content (AvgIpc) is 3.41. The number of rotatable bonds is 8. The summed E-state index contributed by atoms with van der Waals surface area (Å²) in [5, 5.41) is 16.5. The van der Waals surface area contributed by atoms with Gasteiger partial charge in [-0.15, -0.1) is 0 Å². The van der Waals surface area contributed by atoms with Crippen LogP contribution >= 0.6 is 0 Å². The third kappa shape index (κ3) is 5.41. The molecule has 1 unspecified atom stereocenters. The van der Waals surface area contributed by atoms with Gasteiger partial charge in [-0.2, -0.15) is 10.2 Å². The van der Waals surface area contributed by atoms with Gasteiger partial charge < -0.3 is 10.6 Å². The molecule has 39 heavy (non-hydrogen) atoms. The van der Waals surface area contributed by atoms with Gasteiger partial charge in [0.2, 0.25) is 17.8 Å². The summed E-state index contributed by atoms with van der Waals surface area (Å²) < 4.78 is 56.9. The number of aromatic nitrogens is 4. The van der Waals surface area contributed by atoms with Crippen LogP contribution in [-0.4, -0.2) is 49.7 Å². The fourth-order valence-electron chi connectivity index (χ4n) is 5.95. The van der Waals surface area contributed by atoms with Gasteiger partial charge >= 0.3 is 0 Å². The van der Waals surface area contributed by atoms with E-state index in [-0.39, 0.29) is 5.69 Å². The van der Waals surface area contributed by atoms with E-state index in [1.54, 1.807) is 31.3 Å². The van der Waals surface area contributed by atoms with Crippen LogP contribution < -0.4 is 10.6 Å². The number of aryl methyl sites for hydroxylation is 3. The molecule has 2 aliphatic rings. The Balaban J connectivity index is 1.41. The number of carbonyl (C=O) groups excluding carboxylic acids is 2. The molecule has 0 radical (unpaired) electrons. The van der Waals surface area contributed by atoms with Crippen molar-refractivity contribution in [1.29, 1.82) is 0 Å². The van der Waals surface area contributed by atoms with E-state index in [4.69, 9.17) is 0 Å². The lowest BCUT2D eigenvalue weighted by Gasteiger charge is -2.50. The summed E-state index contributed by atoms with van der Waals surface area (Å²) in [6.45, 7) is 3.77. The molecule has 3 aromatic rings. The zero-order valence-electron chi connectivity index (χ0n) is 21.8. The highest BCUT2D eigenvalue weighted by Crippen LogP contribution is 2.55. The zero-order valence-corrected chi connectivity index (χ0v) is 21.8. The van der Waals surface area contributed by atoms with Crippen molar-refractivity contribution in [1.82, 2.24) is 25.3 Å². The summed E-state index contributed by atoms with van der Waals surface area (Å²) in [5.74, 6) is -9.36. The lowest BCUT2D eigenvalue weighted by Crippen LogP contribution is -2.59. The average molecular weight is 547 g/mol. The maximum absolute atomic E-state index is 13.9. The Morgan fingerprint density at radius 3 is 2.05 bits per heavy atom. The van der Waals surface area contributed by atoms with Gasteiger partial charge in [0, 0.05) is 55.9 Å². The van der Waals surface area contributed by atoms with E-state index >= 15 is 0 Å². The van der Waals surface area contributed by atoms with Crippen molar-refractivity contribution in [3.05, 3.63) is 53.6 Å². The fourth-order valence-corrected chi connectivity index (χ4v) is 5.95. The molecule has 5 rings (SSSR count). The van der Waals surface area contributed by atoms with E-state index in [0.717, 1.165) is 22.5 Å². The maximum Gasteiger partial charge on any atom is 0.270 e. The molecule has 12 heteroatoms. The van der Waals surface area contributed by atoms with Crippen LogP contribution in [0.2, 0.25) is 0 Å². The van der Waals surface area contributed by atoms with Gasteiger partial charge in [-0.1, -0.05) is 12.1 Å². The van der Waals surface area contributed by atoms with Gasteiger partial charge in [-0.05, 0) is 55.4 Å². The Bertz CT molecular complexity index is 1320. The number of carbonyl (C=O) groups is 2. The molecule has 0 aliphatic heterocycles. The van der Waals surface area contributed by atoms with E-state index in [0.29, 0.717) is 5.69 Å². The molecule has 2 heterocycles. The van der Waals surface area contributed by atoms with Crippen LogP contribution in [0.1, 0.15) is 47.6 Å². The van der Waals surface area contributed by atoms with E-state index in [1.165, 1.54) is 16.9 Å². The van der Waals surface area contributed by atoms with E-state index in [2.05, 4.69) is 25.9 Å². The molecular weight excluding hydrogens is 516 g/mol. The zero-order chi connectivity index (χ0) is 28.1. The highest BCUT2D eigenvalue weighted by molar-refractivity contribution is 6.00. The molecule has 208 valence electrons. The Morgan fingerprint density at radius 2 is 1.59 bits per heavy atom. The maximum atomic E-state index is 13.9. The molecule has 0 bridgehead atoms. The number of nitrogens with zero attached hydrogens (tertiary/aromatic N) is 3. The summed E-state index contributed by atoms with van der Waals surface area (Å²) in [7, 11) is 1.55. The monoisotopic (exact) mass is 546 g/mol. The predicted molar refractivity (Wildman–Crippen MR) is 135 cm³/mol. The molecule has 2 aliphatic carbocycles. The van der Waals surface area contributed by atoms with Crippen LogP contribution in [0.3, 0.4) is 0 Å². The van der Waals surface area contributed by atoms with E-state index in [1.807, 2.05) is 13.8 Å². The second kappa shape index (κ2) is 9.80. The SMILES string of the molecule is Cc1n[nH]c(C)c1-c1ccc(NC(=O)C(NC(=O)c2ccnn2C)C(C2CC(F)(F)C2)C2CC(F)(F)C2)cc1. The van der Waals surface area contributed by atoms with Crippen molar-refractivity contribution >= 4 is 17.5 Å². The number of hydrogen-bond donors (Lipinski definition) is 3. The summed E-state index contributed by atoms with van der Waals surface area (Å²) in [6.07, 6.45) is -0.635. The Labute approximate surface area is 222 Å². The summed E-state index contributed by atoms with van der Waals surface area (Å²) in [6, 6.07) is 7.13. The molecule has 2 fully saturated rings. The van der Waals surface area contributed by atoms with Crippen LogP contribution in [-0.2, 0) is 11.8 Å². The molecule has 3 N–H and O–H groups in total. The molecule has 1 aromatic carbocycles. The highest BCUT2D eigenvalue weighted by Gasteiger charge is 2.58. The number of halogens is 4. The van der Waals surface area contributed by atoms with Crippen LogP contribution in [0.15, 0.2) is 36.5 Å². The number of hydrogen-bond acceptors (Lipinski definition) is 4. The summed E-state index contributed by atoms with van der Waals surface area (Å²) >= 11 is 0. The first-order valence-corrected chi connectivity index (χ1v) is 12.8. The highest BCUT2D eigenvalue weighted by atomic mass is 19.3. The van der Waals surface area contributed by atoms with Gasteiger partial charge in [0.05, 0.1) is 5.69 Å². The van der Waals surface area contributed by atoms with Crippen LogP contribution in [0.25, 0.3) is 11.1 Å². The van der Waals surface area contributed by atoms with E-state index in [9.17, 15) is 27.2 Å². The normalized spacial score (nSPS) is 19.3. The number of alkyl halides is 4. The smallest absolute Gasteiger partial charge is 0.270 e. The van der Waals surface area contributed by atoms with Crippen molar-refractivity contribution in [2.45, 2.75) is 57.4 Å². The Hall–Kier alpha value is -3.70. The minimum atomic E-state index is -2.92. The van der Waals surface area contributed by atoms with Gasteiger partial charge in [0.15, 0.2) is 0 Å². The van der Waals surface area contributed by atoms with Crippen molar-refractivity contribution in [2.75, 3.05) is 5.32 Å². The second-order valence-electron chi connectivity index (χ2n) is 10.8. The van der Waals surface area contributed by atoms with Crippen LogP contribution in [0, 0.1) is 31.6 Å². The van der Waals surface area contributed by atoms with Crippen molar-refractivity contribution in [3.8, 4) is 11.1 Å². The number of anilines is 1. The van der Waals surface area contributed by atoms with Gasteiger partial charge in [-0.3, -0.25) is 19.4 Å². The summed E-state index contributed by atoms with van der Waals surface area (Å²) in [5.41, 5.74) is 4.09. The largest absolute Gasteiger partial charge is 0.339 e. The van der Waals surface area contributed by atoms with Crippen molar-refractivity contribution < 1.29 is 27.2 Å². The summed E-state index contributed by atoms with van der Waals surface area (Å²) in [4.78, 5) is 26.7. The standard InChI is InChI=1S/C27H30F4N6O2/c1-14-21(15(2)36-35-14)16-4-6-19(7-5-16)33-25(39)23(34-24(38)20-8-9-32-37(20)3)22(17-10-26(28,29)11-17)18-12-27(30,31)13-18/h4-9,17-18,22-23H,10-13H2,1-3H3,(H,33,39)(H,34,38)(H,35,36). The molecule has 2 aromatic heterocycles. The number of amides is 2. The van der Waals surface area contributed by atoms with Crippen LogP contribution in [0.4, 0.5) is 23.2 Å². The van der Waals surface area contributed by atoms with Crippen molar-refractivity contribution in [2.24, 2.45) is 24.8 Å². The first kappa shape index (κ1) is 26.9. The molecule has 0 spiro atoms. The van der Waals surface area contributed by atoms with Gasteiger partial charge in [-0.25, -0.2) is 17.6 Å².